The van der Waals surface area contributed by atoms with E-state index in [2.05, 4.69) is 15.4 Å². The van der Waals surface area contributed by atoms with Gasteiger partial charge in [-0.3, -0.25) is 0 Å². The number of benzene rings is 1. The van der Waals surface area contributed by atoms with Gasteiger partial charge in [0.2, 0.25) is 0 Å². The lowest BCUT2D eigenvalue weighted by atomic mass is 10.2. The molecule has 0 saturated heterocycles. The normalized spacial score (nSPS) is 11.6. The Labute approximate surface area is 116 Å². The highest BCUT2D eigenvalue weighted by Gasteiger charge is 2.31. The lowest BCUT2D eigenvalue weighted by molar-refractivity contribution is -0.274. The van der Waals surface area contributed by atoms with Crippen LogP contribution < -0.4 is 15.4 Å². The van der Waals surface area contributed by atoms with E-state index in [9.17, 15) is 13.2 Å². The number of halogens is 3. The van der Waals surface area contributed by atoms with Crippen molar-refractivity contribution in [3.05, 3.63) is 29.8 Å². The zero-order valence-corrected chi connectivity index (χ0v) is 11.3. The van der Waals surface area contributed by atoms with Crippen molar-refractivity contribution in [1.82, 2.24) is 10.6 Å². The van der Waals surface area contributed by atoms with Crippen molar-refractivity contribution >= 4 is 0 Å². The summed E-state index contributed by atoms with van der Waals surface area (Å²) in [5.74, 6) is -0.199. The number of rotatable bonds is 9. The predicted molar refractivity (Wildman–Crippen MR) is 69.6 cm³/mol. The van der Waals surface area contributed by atoms with Gasteiger partial charge in [0.1, 0.15) is 5.75 Å². The topological polar surface area (TPSA) is 42.5 Å². The zero-order valence-electron chi connectivity index (χ0n) is 11.3. The fourth-order valence-electron chi connectivity index (χ4n) is 1.56. The highest BCUT2D eigenvalue weighted by Crippen LogP contribution is 2.23. The molecule has 0 unspecified atom stereocenters. The van der Waals surface area contributed by atoms with Gasteiger partial charge in [0.15, 0.2) is 0 Å². The van der Waals surface area contributed by atoms with Crippen molar-refractivity contribution in [2.75, 3.05) is 33.4 Å². The quantitative estimate of drug-likeness (QED) is 0.682. The molecule has 0 aliphatic heterocycles. The molecule has 1 aromatic carbocycles. The molecule has 2 N–H and O–H groups in total. The Bertz CT molecular complexity index is 386. The number of methoxy groups -OCH3 is 1. The second-order valence-corrected chi connectivity index (χ2v) is 4.11. The fraction of sp³-hybridized carbons (Fsp3) is 0.538. The second-order valence-electron chi connectivity index (χ2n) is 4.11. The van der Waals surface area contributed by atoms with E-state index in [1.54, 1.807) is 13.2 Å². The number of hydrogen-bond donors (Lipinski definition) is 2. The van der Waals surface area contributed by atoms with E-state index in [1.165, 1.54) is 18.2 Å². The summed E-state index contributed by atoms with van der Waals surface area (Å²) in [6.07, 6.45) is -4.66. The smallest absolute Gasteiger partial charge is 0.406 e. The van der Waals surface area contributed by atoms with Crippen LogP contribution in [-0.4, -0.2) is 39.7 Å². The molecule has 0 radical (unpaired) electrons. The SMILES string of the molecule is COCCNCCNCc1cccc(OC(F)(F)F)c1. The van der Waals surface area contributed by atoms with E-state index < -0.39 is 6.36 Å². The summed E-state index contributed by atoms with van der Waals surface area (Å²) < 4.78 is 45.0. The van der Waals surface area contributed by atoms with Gasteiger partial charge in [0.05, 0.1) is 6.61 Å². The highest BCUT2D eigenvalue weighted by molar-refractivity contribution is 5.28. The van der Waals surface area contributed by atoms with Gasteiger partial charge in [-0.25, -0.2) is 0 Å². The molecule has 0 heterocycles. The third-order valence-electron chi connectivity index (χ3n) is 2.42. The van der Waals surface area contributed by atoms with Crippen LogP contribution in [0.1, 0.15) is 5.56 Å². The second kappa shape index (κ2) is 8.78. The third-order valence-corrected chi connectivity index (χ3v) is 2.42. The van der Waals surface area contributed by atoms with E-state index >= 15 is 0 Å². The Morgan fingerprint density at radius 3 is 2.55 bits per heavy atom. The first-order valence-corrected chi connectivity index (χ1v) is 6.26. The maximum atomic E-state index is 12.1. The van der Waals surface area contributed by atoms with Gasteiger partial charge in [0.25, 0.3) is 0 Å². The molecule has 0 aromatic heterocycles. The number of nitrogens with one attached hydrogen (secondary N) is 2. The molecule has 0 bridgehead atoms. The number of ether oxygens (including phenoxy) is 2. The van der Waals surface area contributed by atoms with Crippen LogP contribution in [0.4, 0.5) is 13.2 Å². The summed E-state index contributed by atoms with van der Waals surface area (Å²) >= 11 is 0. The summed E-state index contributed by atoms with van der Waals surface area (Å²) in [5, 5.41) is 6.28. The monoisotopic (exact) mass is 292 g/mol. The molecule has 20 heavy (non-hydrogen) atoms. The summed E-state index contributed by atoms with van der Waals surface area (Å²) in [5.41, 5.74) is 0.739. The first-order chi connectivity index (χ1) is 9.51. The Kier molecular flexibility index (Phi) is 7.35. The van der Waals surface area contributed by atoms with Crippen LogP contribution in [-0.2, 0) is 11.3 Å². The molecule has 4 nitrogen and oxygen atoms in total. The first-order valence-electron chi connectivity index (χ1n) is 6.26. The van der Waals surface area contributed by atoms with Gasteiger partial charge < -0.3 is 20.1 Å². The van der Waals surface area contributed by atoms with Crippen LogP contribution in [0.15, 0.2) is 24.3 Å². The molecule has 1 rings (SSSR count). The Morgan fingerprint density at radius 1 is 1.10 bits per heavy atom. The maximum absolute atomic E-state index is 12.1. The van der Waals surface area contributed by atoms with Crippen molar-refractivity contribution in [2.24, 2.45) is 0 Å². The lowest BCUT2D eigenvalue weighted by Crippen LogP contribution is -2.29. The lowest BCUT2D eigenvalue weighted by Gasteiger charge is -2.10. The number of alkyl halides is 3. The average Bonchev–Trinajstić information content (AvgIpc) is 2.36. The van der Waals surface area contributed by atoms with Crippen molar-refractivity contribution in [2.45, 2.75) is 12.9 Å². The number of hydrogen-bond acceptors (Lipinski definition) is 4. The van der Waals surface area contributed by atoms with Gasteiger partial charge in [0, 0.05) is 33.3 Å². The van der Waals surface area contributed by atoms with Crippen LogP contribution in [0.2, 0.25) is 0 Å². The largest absolute Gasteiger partial charge is 0.573 e. The molecule has 1 aromatic rings. The molecule has 0 aliphatic rings. The summed E-state index contributed by atoms with van der Waals surface area (Å²) in [6, 6.07) is 5.94. The molecule has 114 valence electrons. The summed E-state index contributed by atoms with van der Waals surface area (Å²) in [6.45, 7) is 3.39. The third kappa shape index (κ3) is 7.98. The van der Waals surface area contributed by atoms with Gasteiger partial charge in [-0.15, -0.1) is 13.2 Å². The molecule has 0 fully saturated rings. The minimum Gasteiger partial charge on any atom is -0.406 e. The maximum Gasteiger partial charge on any atom is 0.573 e. The van der Waals surface area contributed by atoms with E-state index in [-0.39, 0.29) is 5.75 Å². The Hall–Kier alpha value is -1.31. The fourth-order valence-corrected chi connectivity index (χ4v) is 1.56. The molecule has 0 atom stereocenters. The van der Waals surface area contributed by atoms with Gasteiger partial charge in [-0.2, -0.15) is 0 Å². The minimum absolute atomic E-state index is 0.199. The highest BCUT2D eigenvalue weighted by atomic mass is 19.4. The molecule has 7 heteroatoms. The molecular weight excluding hydrogens is 273 g/mol. The molecule has 0 spiro atoms. The van der Waals surface area contributed by atoms with Crippen LogP contribution in [0, 0.1) is 0 Å². The minimum atomic E-state index is -4.66. The zero-order chi connectivity index (χ0) is 14.8. The van der Waals surface area contributed by atoms with Crippen LogP contribution >= 0.6 is 0 Å². The van der Waals surface area contributed by atoms with Crippen LogP contribution in [0.3, 0.4) is 0 Å². The van der Waals surface area contributed by atoms with Gasteiger partial charge >= 0.3 is 6.36 Å². The molecular formula is C13H19F3N2O2. The van der Waals surface area contributed by atoms with Gasteiger partial charge in [-0.1, -0.05) is 12.1 Å². The van der Waals surface area contributed by atoms with Gasteiger partial charge in [-0.05, 0) is 17.7 Å². The van der Waals surface area contributed by atoms with Crippen molar-refractivity contribution in [3.63, 3.8) is 0 Å². The van der Waals surface area contributed by atoms with Crippen molar-refractivity contribution in [1.29, 1.82) is 0 Å². The van der Waals surface area contributed by atoms with E-state index in [1.807, 2.05) is 0 Å². The Morgan fingerprint density at radius 2 is 1.85 bits per heavy atom. The van der Waals surface area contributed by atoms with E-state index in [4.69, 9.17) is 4.74 Å². The predicted octanol–water partition coefficient (Wildman–Crippen LogP) is 1.91. The van der Waals surface area contributed by atoms with Crippen molar-refractivity contribution < 1.29 is 22.6 Å². The summed E-state index contributed by atoms with van der Waals surface area (Å²) in [7, 11) is 1.63. The van der Waals surface area contributed by atoms with E-state index in [0.29, 0.717) is 19.7 Å². The molecule has 0 saturated carbocycles. The van der Waals surface area contributed by atoms with Crippen molar-refractivity contribution in [3.8, 4) is 5.75 Å². The van der Waals surface area contributed by atoms with Crippen LogP contribution in [0.5, 0.6) is 5.75 Å². The Balaban J connectivity index is 2.25. The van der Waals surface area contributed by atoms with Crippen LogP contribution in [0.25, 0.3) is 0 Å². The summed E-state index contributed by atoms with van der Waals surface area (Å²) in [4.78, 5) is 0. The van der Waals surface area contributed by atoms with E-state index in [0.717, 1.165) is 18.7 Å². The standard InChI is InChI=1S/C13H19F3N2O2/c1-19-8-7-17-5-6-18-10-11-3-2-4-12(9-11)20-13(14,15)16/h2-4,9,17-18H,5-8,10H2,1H3. The average molecular weight is 292 g/mol. The first kappa shape index (κ1) is 16.7. The molecule has 0 amide bonds. The molecule has 0 aliphatic carbocycles.